The van der Waals surface area contributed by atoms with Crippen molar-refractivity contribution in [2.75, 3.05) is 18.0 Å². The molecule has 0 radical (unpaired) electrons. The highest BCUT2D eigenvalue weighted by Gasteiger charge is 2.34. The summed E-state index contributed by atoms with van der Waals surface area (Å²) in [4.78, 5) is 31.2. The minimum absolute atomic E-state index is 0.0219. The molecule has 37 heavy (non-hydrogen) atoms. The molecule has 4 rings (SSSR count). The van der Waals surface area contributed by atoms with Gasteiger partial charge in [0.25, 0.3) is 11.5 Å². The van der Waals surface area contributed by atoms with Crippen molar-refractivity contribution >= 4 is 46.1 Å². The van der Waals surface area contributed by atoms with Crippen molar-refractivity contribution in [3.8, 4) is 6.07 Å². The van der Waals surface area contributed by atoms with Crippen molar-refractivity contribution in [2.24, 2.45) is 0 Å². The summed E-state index contributed by atoms with van der Waals surface area (Å²) in [7, 11) is 0. The van der Waals surface area contributed by atoms with E-state index >= 15 is 0 Å². The molecule has 1 aromatic carbocycles. The quantitative estimate of drug-likeness (QED) is 0.370. The molecule has 2 aliphatic heterocycles. The number of thiocarbonyl (C=S) groups is 1. The van der Waals surface area contributed by atoms with E-state index in [9.17, 15) is 14.9 Å². The molecule has 0 aliphatic carbocycles. The Hall–Kier alpha value is -2.93. The fourth-order valence-electron chi connectivity index (χ4n) is 4.89. The average Bonchev–Trinajstić information content (AvgIpc) is 3.12. The lowest BCUT2D eigenvalue weighted by molar-refractivity contribution is -0.122. The summed E-state index contributed by atoms with van der Waals surface area (Å²) < 4.78 is 8.17. The highest BCUT2D eigenvalue weighted by molar-refractivity contribution is 8.26. The van der Waals surface area contributed by atoms with Crippen LogP contribution in [-0.4, -0.2) is 45.0 Å². The summed E-state index contributed by atoms with van der Waals surface area (Å²) in [6, 6.07) is 11.9. The van der Waals surface area contributed by atoms with Crippen LogP contribution in [0.3, 0.4) is 0 Å². The number of thioether (sulfide) groups is 1. The lowest BCUT2D eigenvalue weighted by Crippen LogP contribution is -2.48. The predicted molar refractivity (Wildman–Crippen MR) is 152 cm³/mol. The second-order valence-corrected chi connectivity index (χ2v) is 11.3. The van der Waals surface area contributed by atoms with E-state index in [0.29, 0.717) is 46.5 Å². The van der Waals surface area contributed by atoms with Gasteiger partial charge >= 0.3 is 0 Å². The smallest absolute Gasteiger partial charge is 0.270 e. The normalized spacial score (nSPS) is 21.1. The highest BCUT2D eigenvalue weighted by Crippen LogP contribution is 2.37. The SMILES string of the molecule is CCCCn1c(N2CC(C)OC(C)C2)c(C=C2SC(=S)N(Cc3ccccc3)C2=O)c(C)c(C#N)c1=O. The Bertz CT molecular complexity index is 1320. The molecule has 2 aliphatic rings. The molecule has 2 fully saturated rings. The molecular weight excluding hydrogens is 504 g/mol. The average molecular weight is 537 g/mol. The van der Waals surface area contributed by atoms with Gasteiger partial charge in [-0.2, -0.15) is 5.26 Å². The zero-order chi connectivity index (χ0) is 26.7. The van der Waals surface area contributed by atoms with Crippen molar-refractivity contribution in [1.82, 2.24) is 9.47 Å². The van der Waals surface area contributed by atoms with Crippen LogP contribution in [-0.2, 0) is 22.6 Å². The molecule has 9 heteroatoms. The molecule has 2 atom stereocenters. The molecule has 0 spiro atoms. The van der Waals surface area contributed by atoms with Crippen LogP contribution in [0.2, 0.25) is 0 Å². The topological polar surface area (TPSA) is 78.6 Å². The van der Waals surface area contributed by atoms with Crippen LogP contribution in [0, 0.1) is 18.3 Å². The lowest BCUT2D eigenvalue weighted by atomic mass is 10.0. The van der Waals surface area contributed by atoms with E-state index in [1.807, 2.05) is 50.3 Å². The van der Waals surface area contributed by atoms with Crippen molar-refractivity contribution in [1.29, 1.82) is 5.26 Å². The number of hydrogen-bond donors (Lipinski definition) is 0. The maximum Gasteiger partial charge on any atom is 0.270 e. The number of anilines is 1. The van der Waals surface area contributed by atoms with E-state index in [1.165, 1.54) is 11.8 Å². The number of morpholine rings is 1. The van der Waals surface area contributed by atoms with Crippen LogP contribution >= 0.6 is 24.0 Å². The van der Waals surface area contributed by atoms with E-state index in [2.05, 4.69) is 17.9 Å². The van der Waals surface area contributed by atoms with Gasteiger partial charge in [0.2, 0.25) is 0 Å². The van der Waals surface area contributed by atoms with Crippen LogP contribution in [0.5, 0.6) is 0 Å². The van der Waals surface area contributed by atoms with Crippen LogP contribution in [0.25, 0.3) is 6.08 Å². The first kappa shape index (κ1) is 27.1. The fraction of sp³-hybridized carbons (Fsp3) is 0.429. The molecule has 7 nitrogen and oxygen atoms in total. The number of benzene rings is 1. The number of carbonyl (C=O) groups is 1. The largest absolute Gasteiger partial charge is 0.372 e. The molecule has 1 aromatic heterocycles. The van der Waals surface area contributed by atoms with Crippen LogP contribution < -0.4 is 10.5 Å². The van der Waals surface area contributed by atoms with E-state index in [0.717, 1.165) is 24.2 Å². The minimum atomic E-state index is -0.288. The number of carbonyl (C=O) groups excluding carboxylic acids is 1. The summed E-state index contributed by atoms with van der Waals surface area (Å²) in [6.07, 6.45) is 3.49. The maximum atomic E-state index is 13.5. The third-order valence-electron chi connectivity index (χ3n) is 6.63. The third-order valence-corrected chi connectivity index (χ3v) is 8.01. The van der Waals surface area contributed by atoms with Gasteiger partial charge < -0.3 is 9.64 Å². The van der Waals surface area contributed by atoms with Crippen LogP contribution in [0.15, 0.2) is 40.0 Å². The molecule has 2 unspecified atom stereocenters. The summed E-state index contributed by atoms with van der Waals surface area (Å²) in [6.45, 7) is 10.00. The van der Waals surface area contributed by atoms with Gasteiger partial charge in [0.05, 0.1) is 23.7 Å². The van der Waals surface area contributed by atoms with Crippen molar-refractivity contribution in [2.45, 2.75) is 65.8 Å². The Kier molecular flexibility index (Phi) is 8.53. The summed E-state index contributed by atoms with van der Waals surface area (Å²) >= 11 is 6.83. The zero-order valence-electron chi connectivity index (χ0n) is 21.7. The number of pyridine rings is 1. The minimum Gasteiger partial charge on any atom is -0.372 e. The number of rotatable bonds is 7. The fourth-order valence-corrected chi connectivity index (χ4v) is 6.13. The highest BCUT2D eigenvalue weighted by atomic mass is 32.2. The van der Waals surface area contributed by atoms with Gasteiger partial charge in [-0.1, -0.05) is 67.7 Å². The van der Waals surface area contributed by atoms with Gasteiger partial charge in [0.15, 0.2) is 0 Å². The first-order valence-electron chi connectivity index (χ1n) is 12.6. The van der Waals surface area contributed by atoms with E-state index in [1.54, 1.807) is 16.4 Å². The molecular formula is C28H32N4O3S2. The third kappa shape index (κ3) is 5.66. The van der Waals surface area contributed by atoms with Gasteiger partial charge in [-0.15, -0.1) is 0 Å². The number of hydrogen-bond acceptors (Lipinski definition) is 7. The van der Waals surface area contributed by atoms with Gasteiger partial charge in [0.1, 0.15) is 21.8 Å². The standard InChI is InChI=1S/C28H32N4O3S2/c1-5-6-12-31-25(30-15-18(2)35-19(3)16-30)22(20(4)23(14-29)26(31)33)13-24-27(34)32(28(36)37-24)17-21-10-8-7-9-11-21/h7-11,13,18-19H,5-6,12,15-17H2,1-4H3. The van der Waals surface area contributed by atoms with Crippen molar-refractivity contribution in [3.63, 3.8) is 0 Å². The van der Waals surface area contributed by atoms with E-state index in [4.69, 9.17) is 17.0 Å². The Morgan fingerprint density at radius 3 is 2.49 bits per heavy atom. The van der Waals surface area contributed by atoms with Gasteiger partial charge in [0, 0.05) is 25.2 Å². The number of ether oxygens (including phenoxy) is 1. The van der Waals surface area contributed by atoms with Gasteiger partial charge in [-0.05, 0) is 44.4 Å². The molecule has 3 heterocycles. The molecule has 2 saturated heterocycles. The summed E-state index contributed by atoms with van der Waals surface area (Å²) in [5, 5.41) is 9.90. The Morgan fingerprint density at radius 2 is 1.86 bits per heavy atom. The Morgan fingerprint density at radius 1 is 1.19 bits per heavy atom. The Labute approximate surface area is 227 Å². The molecule has 1 amide bonds. The molecule has 194 valence electrons. The number of amides is 1. The van der Waals surface area contributed by atoms with Crippen molar-refractivity contribution < 1.29 is 9.53 Å². The molecule has 0 saturated carbocycles. The monoisotopic (exact) mass is 536 g/mol. The number of nitriles is 1. The lowest BCUT2D eigenvalue weighted by Gasteiger charge is -2.39. The molecule has 0 N–H and O–H groups in total. The maximum absolute atomic E-state index is 13.5. The van der Waals surface area contributed by atoms with Gasteiger partial charge in [-0.3, -0.25) is 19.1 Å². The first-order valence-corrected chi connectivity index (χ1v) is 13.8. The van der Waals surface area contributed by atoms with Crippen LogP contribution in [0.4, 0.5) is 5.82 Å². The zero-order valence-corrected chi connectivity index (χ0v) is 23.3. The number of aromatic nitrogens is 1. The van der Waals surface area contributed by atoms with Gasteiger partial charge in [-0.25, -0.2) is 0 Å². The predicted octanol–water partition coefficient (Wildman–Crippen LogP) is 4.84. The number of nitrogens with zero attached hydrogens (tertiary/aromatic N) is 4. The first-order chi connectivity index (χ1) is 17.7. The second kappa shape index (κ2) is 11.6. The van der Waals surface area contributed by atoms with E-state index in [-0.39, 0.29) is 29.2 Å². The molecule has 0 bridgehead atoms. The second-order valence-electron chi connectivity index (χ2n) is 9.58. The van der Waals surface area contributed by atoms with E-state index < -0.39 is 0 Å². The molecule has 2 aromatic rings. The number of unbranched alkanes of at least 4 members (excludes halogenated alkanes) is 1. The van der Waals surface area contributed by atoms with Crippen molar-refractivity contribution in [3.05, 3.63) is 67.8 Å². The summed E-state index contributed by atoms with van der Waals surface area (Å²) in [5.41, 5.74) is 2.11. The summed E-state index contributed by atoms with van der Waals surface area (Å²) in [5.74, 6) is 0.572. The Balaban J connectivity index is 1.85. The van der Waals surface area contributed by atoms with Crippen LogP contribution in [0.1, 0.15) is 55.9 Å².